The minimum absolute atomic E-state index is 0.613. The van der Waals surface area contributed by atoms with E-state index in [0.717, 1.165) is 24.3 Å². The van der Waals surface area contributed by atoms with Crippen LogP contribution in [-0.2, 0) is 0 Å². The van der Waals surface area contributed by atoms with Crippen LogP contribution in [0.15, 0.2) is 0 Å². The molecule has 2 N–H and O–H groups in total. The molecule has 2 rings (SSSR count). The second-order valence-electron chi connectivity index (χ2n) is 5.92. The molecule has 2 aliphatic rings. The van der Waals surface area contributed by atoms with E-state index < -0.39 is 0 Å². The molecule has 2 saturated carbocycles. The van der Waals surface area contributed by atoms with Crippen molar-refractivity contribution in [1.29, 1.82) is 0 Å². The molecule has 0 unspecified atom stereocenters. The van der Waals surface area contributed by atoms with Gasteiger partial charge in [0.2, 0.25) is 0 Å². The highest BCUT2D eigenvalue weighted by atomic mass is 14.7. The summed E-state index contributed by atoms with van der Waals surface area (Å²) in [7, 11) is 0. The lowest BCUT2D eigenvalue weighted by Crippen LogP contribution is -2.29. The van der Waals surface area contributed by atoms with Crippen LogP contribution < -0.4 is 5.73 Å². The first-order chi connectivity index (χ1) is 6.68. The van der Waals surface area contributed by atoms with E-state index in [9.17, 15) is 0 Å². The zero-order valence-electron chi connectivity index (χ0n) is 9.76. The van der Waals surface area contributed by atoms with E-state index in [-0.39, 0.29) is 0 Å². The quantitative estimate of drug-likeness (QED) is 0.735. The molecule has 0 radical (unpaired) electrons. The lowest BCUT2D eigenvalue weighted by atomic mass is 9.71. The maximum absolute atomic E-state index is 5.89. The smallest absolute Gasteiger partial charge is 0.00179 e. The van der Waals surface area contributed by atoms with Gasteiger partial charge in [0, 0.05) is 0 Å². The first-order valence-electron chi connectivity index (χ1n) is 6.38. The summed E-state index contributed by atoms with van der Waals surface area (Å²) in [5.41, 5.74) is 6.51. The van der Waals surface area contributed by atoms with Gasteiger partial charge < -0.3 is 5.73 Å². The van der Waals surface area contributed by atoms with E-state index in [1.54, 1.807) is 0 Å². The van der Waals surface area contributed by atoms with Gasteiger partial charge in [-0.3, -0.25) is 0 Å². The average Bonchev–Trinajstić information content (AvgIpc) is 2.99. The fraction of sp³-hybridized carbons (Fsp3) is 1.00. The van der Waals surface area contributed by atoms with Crippen LogP contribution in [0.1, 0.15) is 52.4 Å². The van der Waals surface area contributed by atoms with Crippen molar-refractivity contribution in [2.45, 2.75) is 52.4 Å². The molecule has 1 nitrogen and oxygen atoms in total. The molecule has 0 saturated heterocycles. The van der Waals surface area contributed by atoms with Gasteiger partial charge in [-0.1, -0.05) is 13.8 Å². The van der Waals surface area contributed by atoms with Crippen molar-refractivity contribution in [3.63, 3.8) is 0 Å². The van der Waals surface area contributed by atoms with Crippen LogP contribution in [0.2, 0.25) is 0 Å². The number of hydrogen-bond acceptors (Lipinski definition) is 1. The molecule has 0 aromatic carbocycles. The van der Waals surface area contributed by atoms with Crippen LogP contribution in [0.25, 0.3) is 0 Å². The van der Waals surface area contributed by atoms with Crippen molar-refractivity contribution in [1.82, 2.24) is 0 Å². The summed E-state index contributed by atoms with van der Waals surface area (Å²) in [6, 6.07) is 0. The normalized spacial score (nSPS) is 36.0. The van der Waals surface area contributed by atoms with Gasteiger partial charge in [-0.2, -0.15) is 0 Å². The Hall–Kier alpha value is -0.0400. The predicted octanol–water partition coefficient (Wildman–Crippen LogP) is 3.19. The van der Waals surface area contributed by atoms with Crippen LogP contribution in [0, 0.1) is 23.2 Å². The standard InChI is InChI=1S/C13H25N/c1-10(2)11-3-5-12(6-4-11)13(9-14)7-8-13/h10-12H,3-9,14H2,1-2H3. The largest absolute Gasteiger partial charge is 0.330 e. The van der Waals surface area contributed by atoms with Gasteiger partial charge in [-0.15, -0.1) is 0 Å². The molecule has 2 aliphatic carbocycles. The fourth-order valence-corrected chi connectivity index (χ4v) is 3.34. The summed E-state index contributed by atoms with van der Waals surface area (Å²) in [6.45, 7) is 5.70. The third-order valence-corrected chi connectivity index (χ3v) is 4.88. The first-order valence-corrected chi connectivity index (χ1v) is 6.38. The highest BCUT2D eigenvalue weighted by molar-refractivity contribution is 5.00. The van der Waals surface area contributed by atoms with E-state index in [1.165, 1.54) is 38.5 Å². The number of hydrogen-bond donors (Lipinski definition) is 1. The lowest BCUT2D eigenvalue weighted by Gasteiger charge is -2.35. The Morgan fingerprint density at radius 2 is 1.71 bits per heavy atom. The second kappa shape index (κ2) is 3.84. The van der Waals surface area contributed by atoms with Crippen molar-refractivity contribution < 1.29 is 0 Å². The molecule has 1 heteroatoms. The predicted molar refractivity (Wildman–Crippen MR) is 61.0 cm³/mol. The zero-order valence-corrected chi connectivity index (χ0v) is 9.76. The first kappa shape index (κ1) is 10.5. The summed E-state index contributed by atoms with van der Waals surface area (Å²) < 4.78 is 0. The third kappa shape index (κ3) is 1.84. The highest BCUT2D eigenvalue weighted by Crippen LogP contribution is 2.56. The monoisotopic (exact) mass is 195 g/mol. The molecule has 0 aromatic rings. The van der Waals surface area contributed by atoms with Crippen molar-refractivity contribution in [2.75, 3.05) is 6.54 Å². The van der Waals surface area contributed by atoms with Gasteiger partial charge in [0.1, 0.15) is 0 Å². The van der Waals surface area contributed by atoms with Gasteiger partial charge in [0.25, 0.3) is 0 Å². The molecule has 0 bridgehead atoms. The Labute approximate surface area is 88.4 Å². The van der Waals surface area contributed by atoms with Crippen molar-refractivity contribution in [3.05, 3.63) is 0 Å². The summed E-state index contributed by atoms with van der Waals surface area (Å²) in [6.07, 6.45) is 8.68. The lowest BCUT2D eigenvalue weighted by molar-refractivity contribution is 0.165. The Morgan fingerprint density at radius 3 is 2.07 bits per heavy atom. The molecular weight excluding hydrogens is 170 g/mol. The summed E-state index contributed by atoms with van der Waals surface area (Å²) in [5, 5.41) is 0. The SMILES string of the molecule is CC(C)C1CCC(C2(CN)CC2)CC1. The Morgan fingerprint density at radius 1 is 1.14 bits per heavy atom. The molecule has 0 aromatic heterocycles. The molecule has 2 fully saturated rings. The number of rotatable bonds is 3. The van der Waals surface area contributed by atoms with E-state index in [1.807, 2.05) is 0 Å². The second-order valence-corrected chi connectivity index (χ2v) is 5.92. The van der Waals surface area contributed by atoms with E-state index in [0.29, 0.717) is 5.41 Å². The molecule has 0 spiro atoms. The minimum atomic E-state index is 0.613. The maximum atomic E-state index is 5.89. The summed E-state index contributed by atoms with van der Waals surface area (Å²) in [5.74, 6) is 2.87. The van der Waals surface area contributed by atoms with E-state index in [2.05, 4.69) is 13.8 Å². The van der Waals surface area contributed by atoms with Crippen molar-refractivity contribution >= 4 is 0 Å². The molecule has 0 heterocycles. The Bertz CT molecular complexity index is 185. The van der Waals surface area contributed by atoms with Crippen LogP contribution in [0.3, 0.4) is 0 Å². The number of nitrogens with two attached hydrogens (primary N) is 1. The van der Waals surface area contributed by atoms with E-state index >= 15 is 0 Å². The fourth-order valence-electron chi connectivity index (χ4n) is 3.34. The molecule has 82 valence electrons. The minimum Gasteiger partial charge on any atom is -0.330 e. The summed E-state index contributed by atoms with van der Waals surface area (Å²) >= 11 is 0. The topological polar surface area (TPSA) is 26.0 Å². The van der Waals surface area contributed by atoms with Crippen molar-refractivity contribution in [2.24, 2.45) is 28.9 Å². The Balaban J connectivity index is 1.84. The van der Waals surface area contributed by atoms with E-state index in [4.69, 9.17) is 5.73 Å². The van der Waals surface area contributed by atoms with Crippen molar-refractivity contribution in [3.8, 4) is 0 Å². The molecule has 0 amide bonds. The van der Waals surface area contributed by atoms with Gasteiger partial charge >= 0.3 is 0 Å². The molecule has 0 aliphatic heterocycles. The third-order valence-electron chi connectivity index (χ3n) is 4.88. The summed E-state index contributed by atoms with van der Waals surface area (Å²) in [4.78, 5) is 0. The van der Waals surface area contributed by atoms with Crippen LogP contribution in [0.5, 0.6) is 0 Å². The van der Waals surface area contributed by atoms with Crippen LogP contribution in [-0.4, -0.2) is 6.54 Å². The van der Waals surface area contributed by atoms with Crippen LogP contribution >= 0.6 is 0 Å². The Kier molecular flexibility index (Phi) is 2.88. The maximum Gasteiger partial charge on any atom is -0.00179 e. The van der Waals surface area contributed by atoms with Gasteiger partial charge in [0.15, 0.2) is 0 Å². The molecule has 14 heavy (non-hydrogen) atoms. The average molecular weight is 195 g/mol. The molecule has 0 atom stereocenters. The van der Waals surface area contributed by atoms with Gasteiger partial charge in [-0.05, 0) is 68.2 Å². The van der Waals surface area contributed by atoms with Gasteiger partial charge in [-0.25, -0.2) is 0 Å². The van der Waals surface area contributed by atoms with Gasteiger partial charge in [0.05, 0.1) is 0 Å². The highest BCUT2D eigenvalue weighted by Gasteiger charge is 2.48. The molecular formula is C13H25N. The van der Waals surface area contributed by atoms with Crippen LogP contribution in [0.4, 0.5) is 0 Å². The zero-order chi connectivity index (χ0) is 10.2.